The summed E-state index contributed by atoms with van der Waals surface area (Å²) in [4.78, 5) is 17.2. The predicted molar refractivity (Wildman–Crippen MR) is 109 cm³/mol. The number of carbonyl (C=O) groups is 1. The van der Waals surface area contributed by atoms with E-state index >= 15 is 0 Å². The normalized spacial score (nSPS) is 10.9. The molecular weight excluding hydrogens is 414 g/mol. The monoisotopic (exact) mass is 429 g/mol. The van der Waals surface area contributed by atoms with Gasteiger partial charge in [-0.1, -0.05) is 16.8 Å². The lowest BCUT2D eigenvalue weighted by molar-refractivity contribution is 0.101. The van der Waals surface area contributed by atoms with Gasteiger partial charge in [-0.2, -0.15) is 5.10 Å². The van der Waals surface area contributed by atoms with E-state index in [9.17, 15) is 4.79 Å². The van der Waals surface area contributed by atoms with E-state index in [1.165, 1.54) is 11.3 Å². The van der Waals surface area contributed by atoms with Crippen LogP contribution in [0.2, 0.25) is 5.02 Å². The number of aryl methyl sites for hydroxylation is 2. The minimum atomic E-state index is -0.414. The van der Waals surface area contributed by atoms with Gasteiger partial charge in [0.15, 0.2) is 10.8 Å². The molecule has 0 fully saturated rings. The van der Waals surface area contributed by atoms with E-state index < -0.39 is 5.91 Å². The Kier molecular flexibility index (Phi) is 5.32. The molecule has 0 aliphatic rings. The van der Waals surface area contributed by atoms with Crippen molar-refractivity contribution in [3.05, 3.63) is 63.9 Å². The molecule has 0 aliphatic carbocycles. The van der Waals surface area contributed by atoms with Crippen molar-refractivity contribution in [2.45, 2.75) is 13.5 Å². The van der Waals surface area contributed by atoms with Crippen LogP contribution in [0.1, 0.15) is 21.8 Å². The summed E-state index contributed by atoms with van der Waals surface area (Å²) in [7, 11) is 1.83. The van der Waals surface area contributed by atoms with Gasteiger partial charge in [-0.15, -0.1) is 11.3 Å². The fourth-order valence-electron chi connectivity index (χ4n) is 2.66. The van der Waals surface area contributed by atoms with Crippen molar-refractivity contribution in [3.8, 4) is 17.1 Å². The topological polar surface area (TPSA) is 95.1 Å². The number of benzene rings is 1. The Morgan fingerprint density at radius 3 is 2.83 bits per heavy atom. The van der Waals surface area contributed by atoms with E-state index in [0.717, 1.165) is 11.4 Å². The number of nitrogens with one attached hydrogen (secondary N) is 1. The Hall–Kier alpha value is -3.17. The van der Waals surface area contributed by atoms with Crippen LogP contribution in [-0.2, 0) is 13.7 Å². The average molecular weight is 430 g/mol. The first-order valence-electron chi connectivity index (χ1n) is 8.60. The Morgan fingerprint density at radius 1 is 1.31 bits per heavy atom. The molecule has 0 unspecified atom stereocenters. The summed E-state index contributed by atoms with van der Waals surface area (Å²) in [5, 5.41) is 13.7. The van der Waals surface area contributed by atoms with Crippen LogP contribution >= 0.6 is 22.9 Å². The third-order valence-corrected chi connectivity index (χ3v) is 5.21. The van der Waals surface area contributed by atoms with E-state index in [1.807, 2.05) is 18.5 Å². The maximum absolute atomic E-state index is 12.7. The molecule has 148 valence electrons. The second-order valence-corrected chi connectivity index (χ2v) is 7.44. The van der Waals surface area contributed by atoms with Gasteiger partial charge in [0.1, 0.15) is 23.8 Å². The highest BCUT2D eigenvalue weighted by molar-refractivity contribution is 7.14. The molecule has 4 rings (SSSR count). The van der Waals surface area contributed by atoms with Crippen molar-refractivity contribution in [1.29, 1.82) is 0 Å². The van der Waals surface area contributed by atoms with Crippen LogP contribution in [0.15, 0.2) is 46.4 Å². The van der Waals surface area contributed by atoms with Gasteiger partial charge in [-0.3, -0.25) is 14.8 Å². The van der Waals surface area contributed by atoms with Crippen LogP contribution in [0.3, 0.4) is 0 Å². The number of hydrogen-bond acceptors (Lipinski definition) is 7. The Morgan fingerprint density at radius 2 is 2.10 bits per heavy atom. The molecule has 8 nitrogen and oxygen atoms in total. The van der Waals surface area contributed by atoms with Gasteiger partial charge in [0.05, 0.1) is 11.3 Å². The zero-order chi connectivity index (χ0) is 20.4. The lowest BCUT2D eigenvalue weighted by atomic mass is 10.2. The molecule has 0 aliphatic heterocycles. The first-order chi connectivity index (χ1) is 14.0. The molecule has 0 radical (unpaired) electrons. The van der Waals surface area contributed by atoms with Crippen LogP contribution in [0, 0.1) is 6.92 Å². The predicted octanol–water partition coefficient (Wildman–Crippen LogP) is 4.32. The van der Waals surface area contributed by atoms with Gasteiger partial charge in [0, 0.05) is 23.6 Å². The summed E-state index contributed by atoms with van der Waals surface area (Å²) in [6, 6.07) is 8.81. The van der Waals surface area contributed by atoms with Gasteiger partial charge in [-0.25, -0.2) is 4.98 Å². The SMILES string of the molecule is Cc1onc(C(=O)Nc2nc(-c3ccnn3C)cs2)c1COc1ccc(Cl)cc1. The maximum atomic E-state index is 12.7. The number of nitrogens with zero attached hydrogens (tertiary/aromatic N) is 4. The van der Waals surface area contributed by atoms with E-state index in [1.54, 1.807) is 42.1 Å². The number of anilines is 1. The van der Waals surface area contributed by atoms with Crippen molar-refractivity contribution in [1.82, 2.24) is 19.9 Å². The lowest BCUT2D eigenvalue weighted by Gasteiger charge is -2.06. The van der Waals surface area contributed by atoms with Crippen LogP contribution in [0.4, 0.5) is 5.13 Å². The number of amides is 1. The van der Waals surface area contributed by atoms with Gasteiger partial charge in [0.2, 0.25) is 0 Å². The Labute approximate surface area is 175 Å². The van der Waals surface area contributed by atoms with Gasteiger partial charge < -0.3 is 9.26 Å². The standard InChI is InChI=1S/C19H16ClN5O3S/c1-11-14(9-27-13-5-3-12(20)4-6-13)17(24-28-11)18(26)23-19-22-15(10-29-19)16-7-8-21-25(16)2/h3-8,10H,9H2,1-2H3,(H,22,23,26). The van der Waals surface area contributed by atoms with Crippen LogP contribution in [0.25, 0.3) is 11.4 Å². The van der Waals surface area contributed by atoms with Gasteiger partial charge in [0.25, 0.3) is 5.91 Å². The van der Waals surface area contributed by atoms with E-state index in [-0.39, 0.29) is 12.3 Å². The first-order valence-corrected chi connectivity index (χ1v) is 9.86. The average Bonchev–Trinajstić information content (AvgIpc) is 3.42. The van der Waals surface area contributed by atoms with Crippen molar-refractivity contribution in [2.24, 2.45) is 7.05 Å². The van der Waals surface area contributed by atoms with Crippen molar-refractivity contribution < 1.29 is 14.1 Å². The van der Waals surface area contributed by atoms with Crippen molar-refractivity contribution >= 4 is 34.0 Å². The van der Waals surface area contributed by atoms with Crippen LogP contribution < -0.4 is 10.1 Å². The second kappa shape index (κ2) is 8.06. The zero-order valence-corrected chi connectivity index (χ0v) is 17.1. The molecule has 1 N–H and O–H groups in total. The summed E-state index contributed by atoms with van der Waals surface area (Å²) >= 11 is 7.20. The molecular formula is C19H16ClN5O3S. The number of ether oxygens (including phenoxy) is 1. The molecule has 0 saturated heterocycles. The van der Waals surface area contributed by atoms with E-state index in [4.69, 9.17) is 20.9 Å². The third kappa shape index (κ3) is 4.15. The van der Waals surface area contributed by atoms with E-state index in [0.29, 0.717) is 27.2 Å². The second-order valence-electron chi connectivity index (χ2n) is 6.14. The maximum Gasteiger partial charge on any atom is 0.280 e. The number of thiazole rings is 1. The first kappa shape index (κ1) is 19.2. The number of rotatable bonds is 6. The summed E-state index contributed by atoms with van der Waals surface area (Å²) < 4.78 is 12.6. The van der Waals surface area contributed by atoms with E-state index in [2.05, 4.69) is 20.6 Å². The van der Waals surface area contributed by atoms with Gasteiger partial charge >= 0.3 is 0 Å². The summed E-state index contributed by atoms with van der Waals surface area (Å²) in [5.41, 5.74) is 2.32. The fraction of sp³-hybridized carbons (Fsp3) is 0.158. The zero-order valence-electron chi connectivity index (χ0n) is 15.5. The molecule has 0 atom stereocenters. The molecule has 1 aromatic carbocycles. The quantitative estimate of drug-likeness (QED) is 0.490. The molecule has 3 heterocycles. The highest BCUT2D eigenvalue weighted by Gasteiger charge is 2.21. The molecule has 0 saturated carbocycles. The van der Waals surface area contributed by atoms with Crippen molar-refractivity contribution in [3.63, 3.8) is 0 Å². The number of hydrogen-bond donors (Lipinski definition) is 1. The lowest BCUT2D eigenvalue weighted by Crippen LogP contribution is -2.15. The largest absolute Gasteiger partial charge is 0.489 e. The molecule has 29 heavy (non-hydrogen) atoms. The smallest absolute Gasteiger partial charge is 0.280 e. The number of carbonyl (C=O) groups excluding carboxylic acids is 1. The highest BCUT2D eigenvalue weighted by atomic mass is 35.5. The minimum absolute atomic E-state index is 0.137. The molecule has 0 bridgehead atoms. The molecule has 4 aromatic rings. The summed E-state index contributed by atoms with van der Waals surface area (Å²) in [5.74, 6) is 0.725. The van der Waals surface area contributed by atoms with Gasteiger partial charge in [-0.05, 0) is 37.3 Å². The Balaban J connectivity index is 1.47. The third-order valence-electron chi connectivity index (χ3n) is 4.20. The number of aromatic nitrogens is 4. The number of halogens is 1. The summed E-state index contributed by atoms with van der Waals surface area (Å²) in [6.45, 7) is 1.87. The van der Waals surface area contributed by atoms with Crippen LogP contribution in [-0.4, -0.2) is 25.8 Å². The molecule has 3 aromatic heterocycles. The van der Waals surface area contributed by atoms with Crippen LogP contribution in [0.5, 0.6) is 5.75 Å². The summed E-state index contributed by atoms with van der Waals surface area (Å²) in [6.07, 6.45) is 1.69. The van der Waals surface area contributed by atoms with Crippen molar-refractivity contribution in [2.75, 3.05) is 5.32 Å². The molecule has 1 amide bonds. The molecule has 10 heteroatoms. The minimum Gasteiger partial charge on any atom is -0.489 e. The fourth-order valence-corrected chi connectivity index (χ4v) is 3.48. The Bertz CT molecular complexity index is 1150. The highest BCUT2D eigenvalue weighted by Crippen LogP contribution is 2.25. The molecule has 0 spiro atoms.